The van der Waals surface area contributed by atoms with Crippen LogP contribution in [0.2, 0.25) is 0 Å². The monoisotopic (exact) mass is 320 g/mol. The molecule has 0 bridgehead atoms. The van der Waals surface area contributed by atoms with E-state index in [0.717, 1.165) is 47.8 Å². The van der Waals surface area contributed by atoms with Crippen LogP contribution in [0.3, 0.4) is 0 Å². The molecule has 6 heteroatoms. The fourth-order valence-corrected chi connectivity index (χ4v) is 4.28. The Kier molecular flexibility index (Phi) is 5.22. The second-order valence-corrected chi connectivity index (χ2v) is 7.41. The van der Waals surface area contributed by atoms with Gasteiger partial charge < -0.3 is 10.2 Å². The van der Waals surface area contributed by atoms with E-state index in [1.807, 2.05) is 53.9 Å². The number of thioether (sulfide) groups is 2. The van der Waals surface area contributed by atoms with Crippen molar-refractivity contribution in [2.75, 3.05) is 38.2 Å². The van der Waals surface area contributed by atoms with Gasteiger partial charge in [0.25, 0.3) is 0 Å². The number of benzene rings is 1. The molecular weight excluding hydrogens is 300 g/mol. The number of hydrogen-bond donors (Lipinski definition) is 1. The summed E-state index contributed by atoms with van der Waals surface area (Å²) in [5.74, 6) is 3.17. The van der Waals surface area contributed by atoms with E-state index in [0.29, 0.717) is 5.25 Å². The number of amidine groups is 2. The van der Waals surface area contributed by atoms with Crippen molar-refractivity contribution in [2.24, 2.45) is 9.98 Å². The maximum Gasteiger partial charge on any atom is 0.165 e. The quantitative estimate of drug-likeness (QED) is 0.671. The van der Waals surface area contributed by atoms with Crippen molar-refractivity contribution in [2.45, 2.75) is 5.25 Å². The second-order valence-electron chi connectivity index (χ2n) is 5.03. The Bertz CT molecular complexity index is 524. The molecule has 2 heterocycles. The molecule has 0 saturated carbocycles. The molecule has 2 aliphatic rings. The number of aliphatic imine (C=N–C) groups is 2. The van der Waals surface area contributed by atoms with E-state index < -0.39 is 0 Å². The molecule has 2 fully saturated rings. The van der Waals surface area contributed by atoms with E-state index in [4.69, 9.17) is 9.98 Å². The number of rotatable bonds is 2. The van der Waals surface area contributed by atoms with Gasteiger partial charge in [0.15, 0.2) is 5.17 Å². The first-order chi connectivity index (χ1) is 10.3. The summed E-state index contributed by atoms with van der Waals surface area (Å²) in [5, 5.41) is 4.87. The van der Waals surface area contributed by atoms with E-state index in [1.165, 1.54) is 0 Å². The highest BCUT2D eigenvalue weighted by atomic mass is 32.2. The molecule has 1 aromatic carbocycles. The molecule has 3 rings (SSSR count). The predicted molar refractivity (Wildman–Crippen MR) is 95.2 cm³/mol. The van der Waals surface area contributed by atoms with Crippen molar-refractivity contribution in [1.82, 2.24) is 10.2 Å². The first-order valence-electron chi connectivity index (χ1n) is 7.21. The van der Waals surface area contributed by atoms with E-state index in [1.54, 1.807) is 0 Å². The van der Waals surface area contributed by atoms with E-state index >= 15 is 0 Å². The molecular formula is C15H20N4S2. The third kappa shape index (κ3) is 4.02. The molecule has 2 saturated heterocycles. The van der Waals surface area contributed by atoms with Crippen LogP contribution < -0.4 is 5.32 Å². The fraction of sp³-hybridized carbons (Fsp3) is 0.467. The van der Waals surface area contributed by atoms with Crippen LogP contribution in [-0.2, 0) is 0 Å². The van der Waals surface area contributed by atoms with Crippen molar-refractivity contribution < 1.29 is 0 Å². The standard InChI is InChI=1S/C15H20N4S2/c1-19-8-10-21-15(19)18-14(13-11-16-7-9-20-13)17-12-5-3-2-4-6-12/h2-6,13,16H,7-11H2,1H3. The van der Waals surface area contributed by atoms with Gasteiger partial charge in [0.1, 0.15) is 5.84 Å². The Labute approximate surface area is 134 Å². The zero-order chi connectivity index (χ0) is 14.5. The first-order valence-corrected chi connectivity index (χ1v) is 9.25. The second kappa shape index (κ2) is 7.33. The molecule has 1 N–H and O–H groups in total. The summed E-state index contributed by atoms with van der Waals surface area (Å²) in [5.41, 5.74) is 0.980. The van der Waals surface area contributed by atoms with Crippen molar-refractivity contribution in [3.8, 4) is 0 Å². The van der Waals surface area contributed by atoms with Gasteiger partial charge in [0.2, 0.25) is 0 Å². The lowest BCUT2D eigenvalue weighted by atomic mass is 10.3. The summed E-state index contributed by atoms with van der Waals surface area (Å²) < 4.78 is 0. The third-order valence-corrected chi connectivity index (χ3v) is 5.68. The van der Waals surface area contributed by atoms with Crippen LogP contribution in [0.15, 0.2) is 40.3 Å². The van der Waals surface area contributed by atoms with Gasteiger partial charge in [0.05, 0.1) is 10.9 Å². The van der Waals surface area contributed by atoms with Gasteiger partial charge in [0, 0.05) is 38.2 Å². The van der Waals surface area contributed by atoms with Crippen LogP contribution in [0.4, 0.5) is 5.69 Å². The Morgan fingerprint density at radius 2 is 2.14 bits per heavy atom. The van der Waals surface area contributed by atoms with Crippen LogP contribution in [0.5, 0.6) is 0 Å². The third-order valence-electron chi connectivity index (χ3n) is 3.41. The molecule has 2 aliphatic heterocycles. The van der Waals surface area contributed by atoms with E-state index in [2.05, 4.69) is 17.3 Å². The Morgan fingerprint density at radius 1 is 1.29 bits per heavy atom. The Morgan fingerprint density at radius 3 is 2.81 bits per heavy atom. The SMILES string of the molecule is CN1CCSC1=NC(=Nc1ccccc1)C1CNCCS1. The Balaban J connectivity index is 1.88. The summed E-state index contributed by atoms with van der Waals surface area (Å²) in [4.78, 5) is 11.9. The zero-order valence-corrected chi connectivity index (χ0v) is 13.8. The van der Waals surface area contributed by atoms with Gasteiger partial charge in [-0.1, -0.05) is 30.0 Å². The molecule has 1 atom stereocenters. The van der Waals surface area contributed by atoms with Crippen molar-refractivity contribution in [3.05, 3.63) is 30.3 Å². The van der Waals surface area contributed by atoms with Crippen molar-refractivity contribution in [3.63, 3.8) is 0 Å². The van der Waals surface area contributed by atoms with Gasteiger partial charge in [-0.25, -0.2) is 9.98 Å². The smallest absolute Gasteiger partial charge is 0.165 e. The van der Waals surface area contributed by atoms with Crippen LogP contribution in [-0.4, -0.2) is 59.3 Å². The summed E-state index contributed by atoms with van der Waals surface area (Å²) in [6.45, 7) is 3.09. The molecule has 0 amide bonds. The maximum atomic E-state index is 4.87. The average molecular weight is 320 g/mol. The minimum Gasteiger partial charge on any atom is -0.353 e. The van der Waals surface area contributed by atoms with Crippen LogP contribution in [0.1, 0.15) is 0 Å². The molecule has 4 nitrogen and oxygen atoms in total. The van der Waals surface area contributed by atoms with Gasteiger partial charge in [-0.3, -0.25) is 0 Å². The topological polar surface area (TPSA) is 40.0 Å². The van der Waals surface area contributed by atoms with Crippen LogP contribution >= 0.6 is 23.5 Å². The predicted octanol–water partition coefficient (Wildman–Crippen LogP) is 2.46. The Hall–Kier alpha value is -0.980. The van der Waals surface area contributed by atoms with Crippen LogP contribution in [0.25, 0.3) is 0 Å². The lowest BCUT2D eigenvalue weighted by molar-refractivity contribution is 0.564. The number of nitrogens with zero attached hydrogens (tertiary/aromatic N) is 3. The molecule has 1 unspecified atom stereocenters. The molecule has 0 radical (unpaired) electrons. The molecule has 1 aromatic rings. The molecule has 0 spiro atoms. The molecule has 0 aliphatic carbocycles. The fourth-order valence-electron chi connectivity index (χ4n) is 2.23. The molecule has 21 heavy (non-hydrogen) atoms. The highest BCUT2D eigenvalue weighted by Gasteiger charge is 2.23. The maximum absolute atomic E-state index is 4.87. The average Bonchev–Trinajstić information content (AvgIpc) is 2.94. The van der Waals surface area contributed by atoms with E-state index in [-0.39, 0.29) is 0 Å². The lowest BCUT2D eigenvalue weighted by Crippen LogP contribution is -2.37. The van der Waals surface area contributed by atoms with Gasteiger partial charge in [-0.2, -0.15) is 0 Å². The highest BCUT2D eigenvalue weighted by Crippen LogP contribution is 2.23. The summed E-state index contributed by atoms with van der Waals surface area (Å²) >= 11 is 3.77. The van der Waals surface area contributed by atoms with Gasteiger partial charge in [-0.05, 0) is 12.1 Å². The minimum absolute atomic E-state index is 0.334. The summed E-state index contributed by atoms with van der Waals surface area (Å²) in [6, 6.07) is 10.1. The van der Waals surface area contributed by atoms with Crippen LogP contribution in [0, 0.1) is 0 Å². The highest BCUT2D eigenvalue weighted by molar-refractivity contribution is 8.14. The van der Waals surface area contributed by atoms with Crippen molar-refractivity contribution in [1.29, 1.82) is 0 Å². The van der Waals surface area contributed by atoms with Gasteiger partial charge in [-0.15, -0.1) is 11.8 Å². The first kappa shape index (κ1) is 14.9. The lowest BCUT2D eigenvalue weighted by Gasteiger charge is -2.22. The summed E-state index contributed by atoms with van der Waals surface area (Å²) in [7, 11) is 2.10. The summed E-state index contributed by atoms with van der Waals surface area (Å²) in [6.07, 6.45) is 0. The normalized spacial score (nSPS) is 25.6. The molecule has 112 valence electrons. The zero-order valence-electron chi connectivity index (χ0n) is 12.2. The minimum atomic E-state index is 0.334. The number of hydrogen-bond acceptors (Lipinski definition) is 4. The molecule has 0 aromatic heterocycles. The number of nitrogens with one attached hydrogen (secondary N) is 1. The van der Waals surface area contributed by atoms with E-state index in [9.17, 15) is 0 Å². The largest absolute Gasteiger partial charge is 0.353 e. The number of para-hydroxylation sites is 1. The van der Waals surface area contributed by atoms with Gasteiger partial charge >= 0.3 is 0 Å². The van der Waals surface area contributed by atoms with Crippen molar-refractivity contribution >= 4 is 40.2 Å².